The normalized spacial score (nSPS) is 15.9. The van der Waals surface area contributed by atoms with Gasteiger partial charge in [0.15, 0.2) is 5.96 Å². The molecule has 27 heavy (non-hydrogen) atoms. The van der Waals surface area contributed by atoms with Gasteiger partial charge in [-0.15, -0.1) is 0 Å². The van der Waals surface area contributed by atoms with Gasteiger partial charge < -0.3 is 20.1 Å². The Bertz CT molecular complexity index is 557. The molecule has 1 aromatic carbocycles. The van der Waals surface area contributed by atoms with Crippen LogP contribution in [0.4, 0.5) is 0 Å². The molecule has 0 unspecified atom stereocenters. The lowest BCUT2D eigenvalue weighted by atomic mass is 10.1. The number of rotatable bonds is 10. The van der Waals surface area contributed by atoms with Crippen LogP contribution in [0.15, 0.2) is 29.3 Å². The van der Waals surface area contributed by atoms with Gasteiger partial charge in [-0.25, -0.2) is 4.99 Å². The first-order valence-corrected chi connectivity index (χ1v) is 10.2. The van der Waals surface area contributed by atoms with Gasteiger partial charge in [0.2, 0.25) is 0 Å². The minimum Gasteiger partial charge on any atom is -0.379 e. The van der Waals surface area contributed by atoms with Crippen LogP contribution in [0.3, 0.4) is 0 Å². The molecule has 1 heterocycles. The van der Waals surface area contributed by atoms with Gasteiger partial charge in [0.25, 0.3) is 0 Å². The number of nitrogens with zero attached hydrogens (tertiary/aromatic N) is 2. The summed E-state index contributed by atoms with van der Waals surface area (Å²) >= 11 is 0. The van der Waals surface area contributed by atoms with Crippen molar-refractivity contribution < 1.29 is 9.47 Å². The summed E-state index contributed by atoms with van der Waals surface area (Å²) in [4.78, 5) is 7.21. The van der Waals surface area contributed by atoms with Crippen LogP contribution < -0.4 is 10.6 Å². The summed E-state index contributed by atoms with van der Waals surface area (Å²) in [5.41, 5.74) is 2.62. The molecule has 0 radical (unpaired) electrons. The molecule has 1 saturated heterocycles. The average molecular weight is 377 g/mol. The molecule has 1 fully saturated rings. The van der Waals surface area contributed by atoms with Gasteiger partial charge in [-0.05, 0) is 24.0 Å². The van der Waals surface area contributed by atoms with Crippen molar-refractivity contribution in [1.82, 2.24) is 15.5 Å². The Labute approximate surface area is 164 Å². The van der Waals surface area contributed by atoms with Crippen molar-refractivity contribution >= 4 is 5.96 Å². The second-order valence-electron chi connectivity index (χ2n) is 7.25. The first-order valence-electron chi connectivity index (χ1n) is 10.2. The van der Waals surface area contributed by atoms with E-state index in [4.69, 9.17) is 14.5 Å². The number of hydrogen-bond acceptors (Lipinski definition) is 4. The van der Waals surface area contributed by atoms with Crippen molar-refractivity contribution in [2.75, 3.05) is 52.6 Å². The van der Waals surface area contributed by atoms with E-state index in [1.165, 1.54) is 11.1 Å². The van der Waals surface area contributed by atoms with E-state index in [1.54, 1.807) is 0 Å². The van der Waals surface area contributed by atoms with E-state index in [0.717, 1.165) is 58.5 Å². The monoisotopic (exact) mass is 376 g/mol. The van der Waals surface area contributed by atoms with E-state index >= 15 is 0 Å². The summed E-state index contributed by atoms with van der Waals surface area (Å²) in [5.74, 6) is 1.40. The molecule has 0 amide bonds. The maximum absolute atomic E-state index is 5.63. The topological polar surface area (TPSA) is 58.1 Å². The summed E-state index contributed by atoms with van der Waals surface area (Å²) in [7, 11) is 0. The standard InChI is InChI=1S/C21H36N4O2/c1-4-22-21(23-9-12-27-17-18(2)3)24-15-19-7-5-6-8-20(19)16-25-10-13-26-14-11-25/h5-8,18H,4,9-17H2,1-3H3,(H2,22,23,24). The minimum atomic E-state index is 0.565. The van der Waals surface area contributed by atoms with E-state index in [2.05, 4.69) is 60.6 Å². The molecule has 0 bridgehead atoms. The van der Waals surface area contributed by atoms with E-state index in [1.807, 2.05) is 0 Å². The summed E-state index contributed by atoms with van der Waals surface area (Å²) in [6.07, 6.45) is 0. The predicted molar refractivity (Wildman–Crippen MR) is 111 cm³/mol. The Balaban J connectivity index is 1.88. The maximum atomic E-state index is 5.63. The van der Waals surface area contributed by atoms with Crippen LogP contribution >= 0.6 is 0 Å². The Hall–Kier alpha value is -1.63. The van der Waals surface area contributed by atoms with Crippen LogP contribution in [0.5, 0.6) is 0 Å². The van der Waals surface area contributed by atoms with E-state index in [-0.39, 0.29) is 0 Å². The predicted octanol–water partition coefficient (Wildman–Crippen LogP) is 2.25. The Morgan fingerprint density at radius 3 is 2.63 bits per heavy atom. The van der Waals surface area contributed by atoms with E-state index in [0.29, 0.717) is 19.1 Å². The van der Waals surface area contributed by atoms with Gasteiger partial charge in [-0.1, -0.05) is 38.1 Å². The van der Waals surface area contributed by atoms with E-state index in [9.17, 15) is 0 Å². The third kappa shape index (κ3) is 8.73. The molecular weight excluding hydrogens is 340 g/mol. The van der Waals surface area contributed by atoms with Gasteiger partial charge in [-0.3, -0.25) is 4.90 Å². The van der Waals surface area contributed by atoms with Crippen LogP contribution in [0.2, 0.25) is 0 Å². The van der Waals surface area contributed by atoms with Gasteiger partial charge >= 0.3 is 0 Å². The quantitative estimate of drug-likeness (QED) is 0.373. The molecule has 1 aromatic rings. The highest BCUT2D eigenvalue weighted by atomic mass is 16.5. The number of hydrogen-bond donors (Lipinski definition) is 2. The molecule has 0 aromatic heterocycles. The molecule has 0 spiro atoms. The van der Waals surface area contributed by atoms with Crippen LogP contribution in [-0.4, -0.2) is 63.5 Å². The van der Waals surface area contributed by atoms with Gasteiger partial charge in [0.05, 0.1) is 26.4 Å². The van der Waals surface area contributed by atoms with Crippen molar-refractivity contribution in [2.45, 2.75) is 33.9 Å². The highest BCUT2D eigenvalue weighted by molar-refractivity contribution is 5.79. The van der Waals surface area contributed by atoms with Crippen LogP contribution in [0, 0.1) is 5.92 Å². The lowest BCUT2D eigenvalue weighted by Gasteiger charge is -2.27. The van der Waals surface area contributed by atoms with Gasteiger partial charge in [0.1, 0.15) is 0 Å². The number of ether oxygens (including phenoxy) is 2. The Morgan fingerprint density at radius 1 is 1.19 bits per heavy atom. The van der Waals surface area contributed by atoms with Crippen LogP contribution in [-0.2, 0) is 22.6 Å². The Kier molecular flexibility index (Phi) is 10.2. The molecule has 0 saturated carbocycles. The van der Waals surface area contributed by atoms with Crippen molar-refractivity contribution in [3.63, 3.8) is 0 Å². The second-order valence-corrected chi connectivity index (χ2v) is 7.25. The third-order valence-corrected chi connectivity index (χ3v) is 4.36. The summed E-state index contributed by atoms with van der Waals surface area (Å²) in [6, 6.07) is 8.58. The third-order valence-electron chi connectivity index (χ3n) is 4.36. The summed E-state index contributed by atoms with van der Waals surface area (Å²) in [5, 5.41) is 6.66. The molecule has 6 nitrogen and oxygen atoms in total. The molecule has 1 aliphatic heterocycles. The Morgan fingerprint density at radius 2 is 1.93 bits per heavy atom. The van der Waals surface area contributed by atoms with Gasteiger partial charge in [-0.2, -0.15) is 0 Å². The zero-order chi connectivity index (χ0) is 19.3. The lowest BCUT2D eigenvalue weighted by Crippen LogP contribution is -2.39. The molecule has 6 heteroatoms. The summed E-state index contributed by atoms with van der Waals surface area (Å²) in [6.45, 7) is 14.8. The number of guanidine groups is 1. The lowest BCUT2D eigenvalue weighted by molar-refractivity contribution is 0.0341. The largest absolute Gasteiger partial charge is 0.379 e. The second kappa shape index (κ2) is 12.7. The fraction of sp³-hybridized carbons (Fsp3) is 0.667. The molecule has 1 aliphatic rings. The molecule has 2 rings (SSSR count). The highest BCUT2D eigenvalue weighted by Gasteiger charge is 2.12. The van der Waals surface area contributed by atoms with Crippen molar-refractivity contribution in [3.05, 3.63) is 35.4 Å². The smallest absolute Gasteiger partial charge is 0.191 e. The maximum Gasteiger partial charge on any atom is 0.191 e. The fourth-order valence-electron chi connectivity index (χ4n) is 2.93. The number of benzene rings is 1. The van der Waals surface area contributed by atoms with Crippen molar-refractivity contribution in [2.24, 2.45) is 10.9 Å². The molecule has 0 atom stereocenters. The SMILES string of the molecule is CCNC(=NCc1ccccc1CN1CCOCC1)NCCOCC(C)C. The minimum absolute atomic E-state index is 0.565. The molecule has 0 aliphatic carbocycles. The molecule has 2 N–H and O–H groups in total. The zero-order valence-electron chi connectivity index (χ0n) is 17.2. The number of morpholine rings is 1. The van der Waals surface area contributed by atoms with Crippen molar-refractivity contribution in [1.29, 1.82) is 0 Å². The first kappa shape index (κ1) is 21.7. The number of nitrogens with one attached hydrogen (secondary N) is 2. The summed E-state index contributed by atoms with van der Waals surface area (Å²) < 4.78 is 11.1. The molecule has 152 valence electrons. The molecular formula is C21H36N4O2. The number of aliphatic imine (C=N–C) groups is 1. The van der Waals surface area contributed by atoms with Crippen molar-refractivity contribution in [3.8, 4) is 0 Å². The average Bonchev–Trinajstić information content (AvgIpc) is 2.67. The van der Waals surface area contributed by atoms with Crippen LogP contribution in [0.25, 0.3) is 0 Å². The van der Waals surface area contributed by atoms with Crippen LogP contribution in [0.1, 0.15) is 31.9 Å². The zero-order valence-corrected chi connectivity index (χ0v) is 17.2. The first-order chi connectivity index (χ1) is 13.2. The highest BCUT2D eigenvalue weighted by Crippen LogP contribution is 2.14. The van der Waals surface area contributed by atoms with Gasteiger partial charge in [0, 0.05) is 39.3 Å². The van der Waals surface area contributed by atoms with E-state index < -0.39 is 0 Å². The fourth-order valence-corrected chi connectivity index (χ4v) is 2.93.